The Morgan fingerprint density at radius 1 is 1.02 bits per heavy atom. The van der Waals surface area contributed by atoms with Gasteiger partial charge in [0.1, 0.15) is 24.7 Å². The number of ether oxygens (including phenoxy) is 2. The lowest BCUT2D eigenvalue weighted by Gasteiger charge is -2.20. The van der Waals surface area contributed by atoms with Gasteiger partial charge in [0.25, 0.3) is 0 Å². The zero-order chi connectivity index (χ0) is 30.3. The first-order valence-corrected chi connectivity index (χ1v) is 13.8. The summed E-state index contributed by atoms with van der Waals surface area (Å²) in [5.41, 5.74) is 4.43. The minimum Gasteiger partial charge on any atom is -0.488 e. The number of aliphatic hydroxyl groups is 1. The third kappa shape index (κ3) is 6.90. The van der Waals surface area contributed by atoms with Crippen molar-refractivity contribution < 1.29 is 24.5 Å². The average Bonchev–Trinajstić information content (AvgIpc) is 3.01. The number of hydrogen-bond acceptors (Lipinski definition) is 8. The molecular weight excluding hydrogens is 568 g/mol. The van der Waals surface area contributed by atoms with Crippen LogP contribution in [0.3, 0.4) is 0 Å². The van der Waals surface area contributed by atoms with Crippen LogP contribution in [-0.4, -0.2) is 38.3 Å². The molecule has 0 saturated carbocycles. The maximum Gasteiger partial charge on any atom is 0.323 e. The van der Waals surface area contributed by atoms with E-state index in [1.54, 1.807) is 30.3 Å². The second-order valence-corrected chi connectivity index (χ2v) is 10.2. The van der Waals surface area contributed by atoms with E-state index in [0.29, 0.717) is 33.7 Å². The Morgan fingerprint density at radius 2 is 1.81 bits per heavy atom. The number of nitriles is 1. The van der Waals surface area contributed by atoms with Gasteiger partial charge < -0.3 is 19.7 Å². The molecule has 0 aliphatic carbocycles. The van der Waals surface area contributed by atoms with Gasteiger partial charge in [-0.25, -0.2) is 9.97 Å². The molecule has 0 aliphatic heterocycles. The summed E-state index contributed by atoms with van der Waals surface area (Å²) in [5, 5.41) is 32.4. The summed E-state index contributed by atoms with van der Waals surface area (Å²) in [6.07, 6.45) is 0.290. The molecule has 216 valence electrons. The number of rotatable bonds is 11. The summed E-state index contributed by atoms with van der Waals surface area (Å²) < 4.78 is 12.4. The molecule has 0 spiro atoms. The van der Waals surface area contributed by atoms with Crippen molar-refractivity contribution in [2.45, 2.75) is 32.2 Å². The Bertz CT molecular complexity index is 1810. The van der Waals surface area contributed by atoms with Gasteiger partial charge in [0.2, 0.25) is 5.88 Å². The first-order chi connectivity index (χ1) is 20.8. The Morgan fingerprint density at radius 3 is 2.56 bits per heavy atom. The molecule has 0 aliphatic rings. The predicted octanol–water partition coefficient (Wildman–Crippen LogP) is 6.12. The Hall–Kier alpha value is -5.01. The van der Waals surface area contributed by atoms with E-state index in [9.17, 15) is 20.3 Å². The fraction of sp³-hybridized carbons (Fsp3) is 0.152. The molecule has 43 heavy (non-hydrogen) atoms. The van der Waals surface area contributed by atoms with E-state index in [1.807, 2.05) is 54.6 Å². The number of fused-ring (bicyclic) bond motifs is 1. The highest BCUT2D eigenvalue weighted by molar-refractivity contribution is 6.32. The normalized spacial score (nSPS) is 12.3. The number of hydrogen-bond donors (Lipinski definition) is 3. The molecule has 1 aromatic heterocycles. The number of carboxylic acid groups (broad SMARTS) is 1. The van der Waals surface area contributed by atoms with Crippen LogP contribution in [0.5, 0.6) is 17.4 Å². The molecule has 5 rings (SSSR count). The monoisotopic (exact) mass is 594 g/mol. The Labute approximate surface area is 253 Å². The van der Waals surface area contributed by atoms with Crippen LogP contribution in [0, 0.1) is 11.3 Å². The number of carboxylic acids is 1. The SMILES string of the molecule is C[C@H](O)[C@H](NCc1cc(Cl)c(Oc2ncnc3c(-c4ccccc4)cccc23)cc1OCc1cccc(C#N)c1)C(=O)O. The van der Waals surface area contributed by atoms with E-state index in [2.05, 4.69) is 21.4 Å². The van der Waals surface area contributed by atoms with Crippen molar-refractivity contribution in [3.8, 4) is 34.6 Å². The van der Waals surface area contributed by atoms with Gasteiger partial charge in [0.05, 0.1) is 33.7 Å². The topological polar surface area (TPSA) is 138 Å². The van der Waals surface area contributed by atoms with Crippen molar-refractivity contribution in [1.29, 1.82) is 5.26 Å². The number of aliphatic carboxylic acids is 1. The van der Waals surface area contributed by atoms with Crippen LogP contribution in [0.1, 0.15) is 23.6 Å². The Kier molecular flexibility index (Phi) is 9.13. The van der Waals surface area contributed by atoms with Crippen molar-refractivity contribution in [3.05, 3.63) is 113 Å². The molecule has 0 fully saturated rings. The molecule has 3 N–H and O–H groups in total. The van der Waals surface area contributed by atoms with Crippen molar-refractivity contribution >= 4 is 28.5 Å². The minimum absolute atomic E-state index is 0.0340. The standard InChI is InChI=1S/C33H27ClN4O5/c1-20(39)30(33(40)41)36-17-24-14-27(34)29(15-28(24)42-18-22-8-5-7-21(13-22)16-35)43-32-26-12-6-11-25(31(26)37-19-38-32)23-9-3-2-4-10-23/h2-15,19-20,30,36,39H,17-18H2,1H3,(H,40,41)/t20-,30-/m0/s1. The lowest BCUT2D eigenvalue weighted by Crippen LogP contribution is -2.44. The number of carbonyl (C=O) groups is 1. The van der Waals surface area contributed by atoms with Crippen LogP contribution < -0.4 is 14.8 Å². The van der Waals surface area contributed by atoms with Gasteiger partial charge in [-0.15, -0.1) is 0 Å². The van der Waals surface area contributed by atoms with Crippen LogP contribution in [-0.2, 0) is 17.9 Å². The van der Waals surface area contributed by atoms with E-state index in [1.165, 1.54) is 13.3 Å². The lowest BCUT2D eigenvalue weighted by molar-refractivity contribution is -0.142. The van der Waals surface area contributed by atoms with Crippen LogP contribution in [0.4, 0.5) is 0 Å². The molecule has 9 nitrogen and oxygen atoms in total. The molecule has 5 aromatic rings. The van der Waals surface area contributed by atoms with Gasteiger partial charge in [0, 0.05) is 23.7 Å². The third-order valence-electron chi connectivity index (χ3n) is 6.75. The zero-order valence-corrected chi connectivity index (χ0v) is 23.8. The Balaban J connectivity index is 1.50. The number of aliphatic hydroxyl groups excluding tert-OH is 1. The van der Waals surface area contributed by atoms with E-state index in [4.69, 9.17) is 21.1 Å². The van der Waals surface area contributed by atoms with Crippen LogP contribution in [0.2, 0.25) is 5.02 Å². The van der Waals surface area contributed by atoms with Crippen molar-refractivity contribution in [2.75, 3.05) is 0 Å². The summed E-state index contributed by atoms with van der Waals surface area (Å²) >= 11 is 6.67. The largest absolute Gasteiger partial charge is 0.488 e. The van der Waals surface area contributed by atoms with Gasteiger partial charge in [-0.2, -0.15) is 5.26 Å². The van der Waals surface area contributed by atoms with Gasteiger partial charge in [-0.05, 0) is 42.3 Å². The fourth-order valence-corrected chi connectivity index (χ4v) is 4.83. The molecule has 0 unspecified atom stereocenters. The summed E-state index contributed by atoms with van der Waals surface area (Å²) in [6.45, 7) is 1.55. The van der Waals surface area contributed by atoms with E-state index >= 15 is 0 Å². The molecule has 0 amide bonds. The number of nitrogens with one attached hydrogen (secondary N) is 1. The molecule has 0 radical (unpaired) electrons. The fourth-order valence-electron chi connectivity index (χ4n) is 4.60. The summed E-state index contributed by atoms with van der Waals surface area (Å²) in [6, 6.07) is 26.8. The number of halogens is 1. The van der Waals surface area contributed by atoms with Crippen LogP contribution in [0.25, 0.3) is 22.0 Å². The highest BCUT2D eigenvalue weighted by Gasteiger charge is 2.23. The molecular formula is C33H27ClN4O5. The van der Waals surface area contributed by atoms with Crippen molar-refractivity contribution in [2.24, 2.45) is 0 Å². The van der Waals surface area contributed by atoms with Gasteiger partial charge >= 0.3 is 5.97 Å². The van der Waals surface area contributed by atoms with Gasteiger partial charge in [-0.3, -0.25) is 10.1 Å². The van der Waals surface area contributed by atoms with E-state index in [-0.39, 0.29) is 23.9 Å². The first kappa shape index (κ1) is 29.5. The second-order valence-electron chi connectivity index (χ2n) is 9.78. The maximum absolute atomic E-state index is 11.6. The molecule has 10 heteroatoms. The van der Waals surface area contributed by atoms with Gasteiger partial charge in [-0.1, -0.05) is 66.2 Å². The summed E-state index contributed by atoms with van der Waals surface area (Å²) in [7, 11) is 0. The van der Waals surface area contributed by atoms with Crippen molar-refractivity contribution in [3.63, 3.8) is 0 Å². The smallest absolute Gasteiger partial charge is 0.323 e. The molecule has 4 aromatic carbocycles. The quantitative estimate of drug-likeness (QED) is 0.165. The van der Waals surface area contributed by atoms with Crippen molar-refractivity contribution in [1.82, 2.24) is 15.3 Å². The molecule has 1 heterocycles. The third-order valence-corrected chi connectivity index (χ3v) is 7.04. The molecule has 0 saturated heterocycles. The lowest BCUT2D eigenvalue weighted by atomic mass is 10.0. The first-order valence-electron chi connectivity index (χ1n) is 13.4. The number of benzene rings is 4. The zero-order valence-electron chi connectivity index (χ0n) is 23.1. The molecule has 2 atom stereocenters. The number of aromatic nitrogens is 2. The van der Waals surface area contributed by atoms with E-state index < -0.39 is 18.1 Å². The summed E-state index contributed by atoms with van der Waals surface area (Å²) in [5.74, 6) is -0.264. The maximum atomic E-state index is 11.6. The number of nitrogens with zero attached hydrogens (tertiary/aromatic N) is 3. The van der Waals surface area contributed by atoms with Crippen LogP contribution >= 0.6 is 11.6 Å². The number of para-hydroxylation sites is 1. The highest BCUT2D eigenvalue weighted by Crippen LogP contribution is 2.38. The average molecular weight is 595 g/mol. The van der Waals surface area contributed by atoms with Gasteiger partial charge in [0.15, 0.2) is 5.75 Å². The second kappa shape index (κ2) is 13.3. The van der Waals surface area contributed by atoms with E-state index in [0.717, 1.165) is 16.7 Å². The minimum atomic E-state index is -1.21. The molecule has 0 bridgehead atoms. The predicted molar refractivity (Wildman–Crippen MR) is 162 cm³/mol. The highest BCUT2D eigenvalue weighted by atomic mass is 35.5. The van der Waals surface area contributed by atoms with Crippen LogP contribution in [0.15, 0.2) is 91.3 Å². The summed E-state index contributed by atoms with van der Waals surface area (Å²) in [4.78, 5) is 20.5.